The lowest BCUT2D eigenvalue weighted by atomic mass is 9.89. The number of rotatable bonds is 5. The maximum atomic E-state index is 13.1. The number of carbonyl (C=O) groups is 1. The lowest BCUT2D eigenvalue weighted by Gasteiger charge is -2.26. The van der Waals surface area contributed by atoms with Crippen molar-refractivity contribution >= 4 is 29.1 Å². The number of hydrogen-bond acceptors (Lipinski definition) is 2. The lowest BCUT2D eigenvalue weighted by molar-refractivity contribution is -0.134. The molecule has 4 heteroatoms. The van der Waals surface area contributed by atoms with Crippen molar-refractivity contribution in [2.24, 2.45) is 11.7 Å². The average Bonchev–Trinajstić information content (AvgIpc) is 3.31. The second-order valence-electron chi connectivity index (χ2n) is 6.15. The molecule has 0 spiro atoms. The lowest BCUT2D eigenvalue weighted by Crippen LogP contribution is -2.40. The molecular weight excluding hydrogens is 308 g/mol. The van der Waals surface area contributed by atoms with Crippen molar-refractivity contribution in [2.45, 2.75) is 25.7 Å². The molecule has 3 nitrogen and oxygen atoms in total. The van der Waals surface area contributed by atoms with Gasteiger partial charge in [-0.05, 0) is 49.1 Å². The molecular formula is C19H25ClN2O. The van der Waals surface area contributed by atoms with E-state index in [1.165, 1.54) is 10.8 Å². The van der Waals surface area contributed by atoms with Gasteiger partial charge in [-0.25, -0.2) is 0 Å². The Labute approximate surface area is 144 Å². The van der Waals surface area contributed by atoms with Gasteiger partial charge in [0, 0.05) is 13.1 Å². The first-order valence-corrected chi connectivity index (χ1v) is 8.16. The molecule has 0 unspecified atom stereocenters. The third-order valence-corrected chi connectivity index (χ3v) is 5.09. The Morgan fingerprint density at radius 3 is 2.39 bits per heavy atom. The molecule has 1 aliphatic rings. The van der Waals surface area contributed by atoms with Crippen LogP contribution in [-0.2, 0) is 10.2 Å². The van der Waals surface area contributed by atoms with Gasteiger partial charge < -0.3 is 10.6 Å². The number of benzene rings is 2. The van der Waals surface area contributed by atoms with Crippen LogP contribution in [0, 0.1) is 5.92 Å². The van der Waals surface area contributed by atoms with Crippen LogP contribution in [0.15, 0.2) is 42.5 Å². The van der Waals surface area contributed by atoms with Crippen LogP contribution in [0.3, 0.4) is 0 Å². The fourth-order valence-electron chi connectivity index (χ4n) is 3.61. The van der Waals surface area contributed by atoms with Crippen LogP contribution in [0.2, 0.25) is 0 Å². The molecule has 0 bridgehead atoms. The third kappa shape index (κ3) is 2.84. The van der Waals surface area contributed by atoms with Crippen LogP contribution >= 0.6 is 12.4 Å². The number of nitrogens with two attached hydrogens (primary N) is 1. The summed E-state index contributed by atoms with van der Waals surface area (Å²) in [5.74, 6) is 0.505. The summed E-state index contributed by atoms with van der Waals surface area (Å²) in [5.41, 5.74) is 6.64. The van der Waals surface area contributed by atoms with Crippen molar-refractivity contribution in [1.29, 1.82) is 0 Å². The summed E-state index contributed by atoms with van der Waals surface area (Å²) < 4.78 is 0. The standard InChI is InChI=1S/C19H24N2O.ClH/c1-3-21(4-2)18(22)19(12-17(19)13-20)16-10-9-14-7-5-6-8-15(14)11-16;/h5-11,17H,3-4,12-13,20H2,1-2H3;1H/t17-,19+;/m0./s1. The number of nitrogens with zero attached hydrogens (tertiary/aromatic N) is 1. The van der Waals surface area contributed by atoms with E-state index in [0.717, 1.165) is 25.1 Å². The zero-order chi connectivity index (χ0) is 15.7. The van der Waals surface area contributed by atoms with E-state index in [-0.39, 0.29) is 24.2 Å². The van der Waals surface area contributed by atoms with Gasteiger partial charge in [0.25, 0.3) is 0 Å². The molecule has 0 aromatic heterocycles. The summed E-state index contributed by atoms with van der Waals surface area (Å²) in [6.45, 7) is 6.15. The fraction of sp³-hybridized carbons (Fsp3) is 0.421. The second-order valence-corrected chi connectivity index (χ2v) is 6.15. The summed E-state index contributed by atoms with van der Waals surface area (Å²) >= 11 is 0. The molecule has 2 atom stereocenters. The highest BCUT2D eigenvalue weighted by atomic mass is 35.5. The Kier molecular flexibility index (Phi) is 5.33. The van der Waals surface area contributed by atoms with Gasteiger partial charge in [0.15, 0.2) is 0 Å². The first kappa shape index (κ1) is 17.8. The van der Waals surface area contributed by atoms with E-state index in [1.54, 1.807) is 0 Å². The highest BCUT2D eigenvalue weighted by Gasteiger charge is 2.61. The van der Waals surface area contributed by atoms with Gasteiger partial charge >= 0.3 is 0 Å². The van der Waals surface area contributed by atoms with E-state index in [9.17, 15) is 4.79 Å². The topological polar surface area (TPSA) is 46.3 Å². The highest BCUT2D eigenvalue weighted by molar-refractivity contribution is 5.94. The summed E-state index contributed by atoms with van der Waals surface area (Å²) in [7, 11) is 0. The van der Waals surface area contributed by atoms with E-state index < -0.39 is 5.41 Å². The van der Waals surface area contributed by atoms with Gasteiger partial charge in [-0.1, -0.05) is 42.5 Å². The van der Waals surface area contributed by atoms with Gasteiger partial charge in [-0.2, -0.15) is 0 Å². The molecule has 1 aliphatic carbocycles. The minimum Gasteiger partial charge on any atom is -0.342 e. The van der Waals surface area contributed by atoms with E-state index in [1.807, 2.05) is 30.9 Å². The van der Waals surface area contributed by atoms with Crippen LogP contribution in [0.5, 0.6) is 0 Å². The number of halogens is 1. The van der Waals surface area contributed by atoms with E-state index in [4.69, 9.17) is 5.73 Å². The molecule has 2 aromatic carbocycles. The van der Waals surface area contributed by atoms with Crippen LogP contribution < -0.4 is 5.73 Å². The van der Waals surface area contributed by atoms with E-state index >= 15 is 0 Å². The molecule has 0 saturated heterocycles. The summed E-state index contributed by atoms with van der Waals surface area (Å²) in [4.78, 5) is 15.0. The SMILES string of the molecule is CCN(CC)C(=O)[C@@]1(c2ccc3ccccc3c2)C[C@H]1CN.Cl. The maximum Gasteiger partial charge on any atom is 0.233 e. The van der Waals surface area contributed by atoms with E-state index in [0.29, 0.717) is 6.54 Å². The summed E-state index contributed by atoms with van der Waals surface area (Å²) in [5, 5.41) is 2.40. The third-order valence-electron chi connectivity index (χ3n) is 5.09. The van der Waals surface area contributed by atoms with Crippen LogP contribution in [0.1, 0.15) is 25.8 Å². The molecule has 2 N–H and O–H groups in total. The van der Waals surface area contributed by atoms with Gasteiger partial charge in [0.2, 0.25) is 5.91 Å². The molecule has 0 heterocycles. The zero-order valence-corrected chi connectivity index (χ0v) is 14.6. The Morgan fingerprint density at radius 1 is 1.17 bits per heavy atom. The summed E-state index contributed by atoms with van der Waals surface area (Å²) in [6, 6.07) is 14.7. The zero-order valence-electron chi connectivity index (χ0n) is 13.8. The number of amides is 1. The predicted octanol–water partition coefficient (Wildman–Crippen LogP) is 3.35. The molecule has 0 aliphatic heterocycles. The molecule has 23 heavy (non-hydrogen) atoms. The Hall–Kier alpha value is -1.58. The van der Waals surface area contributed by atoms with Crippen LogP contribution in [-0.4, -0.2) is 30.4 Å². The van der Waals surface area contributed by atoms with Crippen molar-refractivity contribution in [1.82, 2.24) is 4.90 Å². The number of fused-ring (bicyclic) bond motifs is 1. The van der Waals surface area contributed by atoms with Crippen molar-refractivity contribution < 1.29 is 4.79 Å². The molecule has 124 valence electrons. The van der Waals surface area contributed by atoms with E-state index in [2.05, 4.69) is 30.3 Å². The van der Waals surface area contributed by atoms with Crippen LogP contribution in [0.25, 0.3) is 10.8 Å². The highest BCUT2D eigenvalue weighted by Crippen LogP contribution is 2.55. The fourth-order valence-corrected chi connectivity index (χ4v) is 3.61. The molecule has 1 fully saturated rings. The number of likely N-dealkylation sites (N-methyl/N-ethyl adjacent to an activating group) is 1. The van der Waals surface area contributed by atoms with Gasteiger partial charge in [0.05, 0.1) is 5.41 Å². The average molecular weight is 333 g/mol. The van der Waals surface area contributed by atoms with Crippen molar-refractivity contribution in [3.8, 4) is 0 Å². The first-order valence-electron chi connectivity index (χ1n) is 8.16. The first-order chi connectivity index (χ1) is 10.7. The van der Waals surface area contributed by atoms with Gasteiger partial charge in [0.1, 0.15) is 0 Å². The molecule has 0 radical (unpaired) electrons. The van der Waals surface area contributed by atoms with Crippen molar-refractivity contribution in [3.05, 3.63) is 48.0 Å². The number of carbonyl (C=O) groups excluding carboxylic acids is 1. The van der Waals surface area contributed by atoms with Gasteiger partial charge in [-0.3, -0.25) is 4.79 Å². The molecule has 3 rings (SSSR count). The number of hydrogen-bond donors (Lipinski definition) is 1. The second kappa shape index (κ2) is 6.90. The normalized spacial score (nSPS) is 22.5. The Morgan fingerprint density at radius 2 is 1.83 bits per heavy atom. The smallest absolute Gasteiger partial charge is 0.233 e. The molecule has 2 aromatic rings. The van der Waals surface area contributed by atoms with Crippen molar-refractivity contribution in [2.75, 3.05) is 19.6 Å². The molecule has 1 saturated carbocycles. The van der Waals surface area contributed by atoms with Gasteiger partial charge in [-0.15, -0.1) is 12.4 Å². The monoisotopic (exact) mass is 332 g/mol. The Bertz CT molecular complexity index is 699. The molecule has 1 amide bonds. The maximum absolute atomic E-state index is 13.1. The minimum atomic E-state index is -0.398. The summed E-state index contributed by atoms with van der Waals surface area (Å²) in [6.07, 6.45) is 0.872. The largest absolute Gasteiger partial charge is 0.342 e. The minimum absolute atomic E-state index is 0. The van der Waals surface area contributed by atoms with Crippen LogP contribution in [0.4, 0.5) is 0 Å². The Balaban J connectivity index is 0.00000192. The van der Waals surface area contributed by atoms with Crippen molar-refractivity contribution in [3.63, 3.8) is 0 Å². The predicted molar refractivity (Wildman–Crippen MR) is 98.0 cm³/mol. The quantitative estimate of drug-likeness (QED) is 0.912.